The monoisotopic (exact) mass is 404 g/mol. The van der Waals surface area contributed by atoms with Crippen LogP contribution in [0.15, 0.2) is 72.8 Å². The van der Waals surface area contributed by atoms with Crippen LogP contribution in [-0.2, 0) is 11.2 Å². The number of methoxy groups -OCH3 is 2. The van der Waals surface area contributed by atoms with Gasteiger partial charge in [0.1, 0.15) is 6.04 Å². The molecule has 156 valence electrons. The third-order valence-electron chi connectivity index (χ3n) is 5.01. The van der Waals surface area contributed by atoms with Crippen molar-refractivity contribution in [1.29, 1.82) is 0 Å². The first kappa shape index (κ1) is 21.4. The standard InChI is InChI=1S/C25H28N2O3/c1-18-9-7-8-12-21(18)27-25(28)24(20-10-5-4-6-11-20)26-16-15-19-13-14-22(29-2)23(17-19)30-3/h4-14,17,24,26H,15-16H2,1-3H3,(H,27,28)/t24-/m1/s1. The summed E-state index contributed by atoms with van der Waals surface area (Å²) in [6, 6.07) is 23.0. The SMILES string of the molecule is COc1ccc(CCN[C@@H](C(=O)Nc2ccccc2C)c2ccccc2)cc1OC. The number of hydrogen-bond acceptors (Lipinski definition) is 4. The second-order valence-corrected chi connectivity index (χ2v) is 7.04. The van der Waals surface area contributed by atoms with Crippen molar-refractivity contribution in [3.05, 3.63) is 89.5 Å². The summed E-state index contributed by atoms with van der Waals surface area (Å²) in [6.07, 6.45) is 0.751. The van der Waals surface area contributed by atoms with Gasteiger partial charge < -0.3 is 20.1 Å². The average molecular weight is 405 g/mol. The van der Waals surface area contributed by atoms with Crippen LogP contribution in [0, 0.1) is 6.92 Å². The van der Waals surface area contributed by atoms with E-state index in [-0.39, 0.29) is 5.91 Å². The van der Waals surface area contributed by atoms with E-state index < -0.39 is 6.04 Å². The normalized spacial score (nSPS) is 11.6. The lowest BCUT2D eigenvalue weighted by atomic mass is 10.0. The van der Waals surface area contributed by atoms with Crippen molar-refractivity contribution in [2.24, 2.45) is 0 Å². The van der Waals surface area contributed by atoms with E-state index in [1.165, 1.54) is 0 Å². The molecule has 0 bridgehead atoms. The van der Waals surface area contributed by atoms with Crippen LogP contribution in [0.2, 0.25) is 0 Å². The smallest absolute Gasteiger partial charge is 0.246 e. The van der Waals surface area contributed by atoms with Gasteiger partial charge in [0.05, 0.1) is 14.2 Å². The van der Waals surface area contributed by atoms with E-state index in [4.69, 9.17) is 9.47 Å². The summed E-state index contributed by atoms with van der Waals surface area (Å²) >= 11 is 0. The van der Waals surface area contributed by atoms with Gasteiger partial charge in [-0.3, -0.25) is 4.79 Å². The van der Waals surface area contributed by atoms with Gasteiger partial charge in [0.2, 0.25) is 5.91 Å². The molecule has 0 aliphatic heterocycles. The number of hydrogen-bond donors (Lipinski definition) is 2. The molecule has 1 amide bonds. The highest BCUT2D eigenvalue weighted by molar-refractivity contribution is 5.96. The maximum absolute atomic E-state index is 13.1. The van der Waals surface area contributed by atoms with Crippen LogP contribution < -0.4 is 20.1 Å². The molecule has 0 aliphatic rings. The number of nitrogens with one attached hydrogen (secondary N) is 2. The topological polar surface area (TPSA) is 59.6 Å². The minimum atomic E-state index is -0.453. The first-order valence-electron chi connectivity index (χ1n) is 9.98. The summed E-state index contributed by atoms with van der Waals surface area (Å²) in [5.41, 5.74) is 3.88. The molecule has 30 heavy (non-hydrogen) atoms. The Kier molecular flexibility index (Phi) is 7.46. The highest BCUT2D eigenvalue weighted by Crippen LogP contribution is 2.27. The maximum Gasteiger partial charge on any atom is 0.246 e. The van der Waals surface area contributed by atoms with Gasteiger partial charge in [-0.1, -0.05) is 54.6 Å². The molecule has 3 aromatic carbocycles. The first-order valence-corrected chi connectivity index (χ1v) is 9.98. The second kappa shape index (κ2) is 10.5. The molecule has 0 saturated heterocycles. The molecule has 5 nitrogen and oxygen atoms in total. The van der Waals surface area contributed by atoms with E-state index in [1.807, 2.05) is 79.7 Å². The van der Waals surface area contributed by atoms with Crippen molar-refractivity contribution in [3.8, 4) is 11.5 Å². The molecule has 0 fully saturated rings. The van der Waals surface area contributed by atoms with Gasteiger partial charge in [0.15, 0.2) is 11.5 Å². The number of para-hydroxylation sites is 1. The fourth-order valence-corrected chi connectivity index (χ4v) is 3.32. The number of aryl methyl sites for hydroxylation is 1. The van der Waals surface area contributed by atoms with Crippen molar-refractivity contribution < 1.29 is 14.3 Å². The van der Waals surface area contributed by atoms with Gasteiger partial charge in [-0.15, -0.1) is 0 Å². The van der Waals surface area contributed by atoms with Crippen LogP contribution in [0.5, 0.6) is 11.5 Å². The highest BCUT2D eigenvalue weighted by Gasteiger charge is 2.20. The van der Waals surface area contributed by atoms with Gasteiger partial charge in [-0.05, 0) is 48.2 Å². The second-order valence-electron chi connectivity index (χ2n) is 7.04. The Labute approximate surface area is 178 Å². The summed E-state index contributed by atoms with van der Waals surface area (Å²) < 4.78 is 10.7. The van der Waals surface area contributed by atoms with Crippen LogP contribution in [0.4, 0.5) is 5.69 Å². The summed E-state index contributed by atoms with van der Waals surface area (Å²) in [7, 11) is 3.25. The lowest BCUT2D eigenvalue weighted by Crippen LogP contribution is -2.34. The molecule has 5 heteroatoms. The van der Waals surface area contributed by atoms with Crippen LogP contribution in [0.3, 0.4) is 0 Å². The molecular formula is C25H28N2O3. The van der Waals surface area contributed by atoms with Crippen LogP contribution in [-0.4, -0.2) is 26.7 Å². The molecule has 0 spiro atoms. The number of rotatable bonds is 9. The van der Waals surface area contributed by atoms with Crippen molar-refractivity contribution >= 4 is 11.6 Å². The fourth-order valence-electron chi connectivity index (χ4n) is 3.32. The quantitative estimate of drug-likeness (QED) is 0.550. The number of amides is 1. The highest BCUT2D eigenvalue weighted by atomic mass is 16.5. The Balaban J connectivity index is 1.71. The molecule has 2 N–H and O–H groups in total. The molecule has 3 rings (SSSR count). The van der Waals surface area contributed by atoms with Gasteiger partial charge in [0, 0.05) is 12.2 Å². The van der Waals surface area contributed by atoms with Crippen molar-refractivity contribution in [2.45, 2.75) is 19.4 Å². The van der Waals surface area contributed by atoms with Gasteiger partial charge >= 0.3 is 0 Å². The number of anilines is 1. The van der Waals surface area contributed by atoms with Crippen LogP contribution in [0.1, 0.15) is 22.7 Å². The fraction of sp³-hybridized carbons (Fsp3) is 0.240. The van der Waals surface area contributed by atoms with Gasteiger partial charge in [0.25, 0.3) is 0 Å². The lowest BCUT2D eigenvalue weighted by Gasteiger charge is -2.20. The minimum Gasteiger partial charge on any atom is -0.493 e. The number of ether oxygens (including phenoxy) is 2. The van der Waals surface area contributed by atoms with Crippen molar-refractivity contribution in [1.82, 2.24) is 5.32 Å². The summed E-state index contributed by atoms with van der Waals surface area (Å²) in [5.74, 6) is 1.32. The predicted molar refractivity (Wildman–Crippen MR) is 120 cm³/mol. The first-order chi connectivity index (χ1) is 14.6. The predicted octanol–water partition coefficient (Wildman–Crippen LogP) is 4.52. The summed E-state index contributed by atoms with van der Waals surface area (Å²) in [6.45, 7) is 2.62. The average Bonchev–Trinajstić information content (AvgIpc) is 2.78. The molecule has 0 saturated carbocycles. The zero-order chi connectivity index (χ0) is 21.3. The summed E-state index contributed by atoms with van der Waals surface area (Å²) in [4.78, 5) is 13.1. The molecule has 0 unspecified atom stereocenters. The van der Waals surface area contributed by atoms with E-state index in [9.17, 15) is 4.79 Å². The van der Waals surface area contributed by atoms with Crippen LogP contribution in [0.25, 0.3) is 0 Å². The summed E-state index contributed by atoms with van der Waals surface area (Å²) in [5, 5.41) is 6.46. The Hall–Kier alpha value is -3.31. The zero-order valence-corrected chi connectivity index (χ0v) is 17.6. The Morgan fingerprint density at radius 1 is 0.900 bits per heavy atom. The van der Waals surface area contributed by atoms with Gasteiger partial charge in [-0.25, -0.2) is 0 Å². The van der Waals surface area contributed by atoms with E-state index in [2.05, 4.69) is 10.6 Å². The Bertz CT molecular complexity index is 973. The Morgan fingerprint density at radius 2 is 1.60 bits per heavy atom. The molecular weight excluding hydrogens is 376 g/mol. The van der Waals surface area contributed by atoms with Crippen molar-refractivity contribution in [2.75, 3.05) is 26.1 Å². The maximum atomic E-state index is 13.1. The molecule has 3 aromatic rings. The number of benzene rings is 3. The Morgan fingerprint density at radius 3 is 2.30 bits per heavy atom. The largest absolute Gasteiger partial charge is 0.493 e. The third-order valence-corrected chi connectivity index (χ3v) is 5.01. The van der Waals surface area contributed by atoms with E-state index in [1.54, 1.807) is 14.2 Å². The number of carbonyl (C=O) groups is 1. The van der Waals surface area contributed by atoms with Crippen molar-refractivity contribution in [3.63, 3.8) is 0 Å². The number of carbonyl (C=O) groups excluding carboxylic acids is 1. The lowest BCUT2D eigenvalue weighted by molar-refractivity contribution is -0.118. The third kappa shape index (κ3) is 5.39. The molecule has 0 radical (unpaired) electrons. The van der Waals surface area contributed by atoms with Gasteiger partial charge in [-0.2, -0.15) is 0 Å². The van der Waals surface area contributed by atoms with Crippen LogP contribution >= 0.6 is 0 Å². The molecule has 0 aliphatic carbocycles. The van der Waals surface area contributed by atoms with E-state index in [0.717, 1.165) is 28.8 Å². The molecule has 0 aromatic heterocycles. The minimum absolute atomic E-state index is 0.0807. The van der Waals surface area contributed by atoms with E-state index in [0.29, 0.717) is 18.0 Å². The zero-order valence-electron chi connectivity index (χ0n) is 17.6. The molecule has 1 atom stereocenters. The van der Waals surface area contributed by atoms with E-state index >= 15 is 0 Å². The molecule has 0 heterocycles.